The molecule has 1 saturated heterocycles. The SMILES string of the molecule is CCCC1CCCS1(=O)=O.F. The van der Waals surface area contributed by atoms with Crippen molar-refractivity contribution in [1.29, 1.82) is 0 Å². The minimum absolute atomic E-state index is 0. The van der Waals surface area contributed by atoms with Gasteiger partial charge in [-0.3, -0.25) is 4.70 Å². The van der Waals surface area contributed by atoms with Gasteiger partial charge in [0.25, 0.3) is 0 Å². The zero-order valence-electron chi connectivity index (χ0n) is 6.75. The van der Waals surface area contributed by atoms with Crippen LogP contribution in [-0.2, 0) is 9.84 Å². The maximum Gasteiger partial charge on any atom is 0.153 e. The Labute approximate surface area is 67.3 Å². The zero-order chi connectivity index (χ0) is 7.61. The lowest BCUT2D eigenvalue weighted by atomic mass is 10.2. The Bertz CT molecular complexity index is 198. The van der Waals surface area contributed by atoms with Crippen molar-refractivity contribution in [3.63, 3.8) is 0 Å². The molecular formula is C7H15FO2S. The van der Waals surface area contributed by atoms with E-state index in [1.165, 1.54) is 0 Å². The van der Waals surface area contributed by atoms with Gasteiger partial charge in [0.1, 0.15) is 0 Å². The van der Waals surface area contributed by atoms with E-state index in [2.05, 4.69) is 0 Å². The second-order valence-corrected chi connectivity index (χ2v) is 5.32. The summed E-state index contributed by atoms with van der Waals surface area (Å²) >= 11 is 0. The smallest absolute Gasteiger partial charge is 0.153 e. The monoisotopic (exact) mass is 182 g/mol. The van der Waals surface area contributed by atoms with Crippen LogP contribution in [0.15, 0.2) is 0 Å². The second kappa shape index (κ2) is 4.04. The summed E-state index contributed by atoms with van der Waals surface area (Å²) in [6.45, 7) is 2.04. The lowest BCUT2D eigenvalue weighted by Crippen LogP contribution is -2.14. The van der Waals surface area contributed by atoms with E-state index in [0.29, 0.717) is 5.75 Å². The molecule has 4 heteroatoms. The van der Waals surface area contributed by atoms with Crippen LogP contribution in [0.2, 0.25) is 0 Å². The van der Waals surface area contributed by atoms with E-state index >= 15 is 0 Å². The Morgan fingerprint density at radius 1 is 1.45 bits per heavy atom. The minimum Gasteiger partial charge on any atom is -0.269 e. The number of hydrogen-bond donors (Lipinski definition) is 0. The van der Waals surface area contributed by atoms with Crippen molar-refractivity contribution >= 4 is 9.84 Å². The number of hydrogen-bond acceptors (Lipinski definition) is 2. The number of halogens is 1. The van der Waals surface area contributed by atoms with Crippen LogP contribution >= 0.6 is 0 Å². The predicted octanol–water partition coefficient (Wildman–Crippen LogP) is 1.52. The molecular weight excluding hydrogens is 167 g/mol. The van der Waals surface area contributed by atoms with Gasteiger partial charge in [0.2, 0.25) is 0 Å². The fourth-order valence-corrected chi connectivity index (χ4v) is 3.53. The van der Waals surface area contributed by atoms with Crippen LogP contribution in [0.25, 0.3) is 0 Å². The van der Waals surface area contributed by atoms with Crippen molar-refractivity contribution < 1.29 is 13.1 Å². The molecule has 0 aromatic heterocycles. The average Bonchev–Trinajstić information content (AvgIpc) is 2.13. The third-order valence-corrected chi connectivity index (χ3v) is 4.42. The molecule has 1 fully saturated rings. The van der Waals surface area contributed by atoms with Crippen LogP contribution in [0.4, 0.5) is 4.70 Å². The molecule has 1 aliphatic rings. The first kappa shape index (κ1) is 10.9. The van der Waals surface area contributed by atoms with E-state index in [-0.39, 0.29) is 9.95 Å². The molecule has 0 aliphatic carbocycles. The normalized spacial score (nSPS) is 27.9. The van der Waals surface area contributed by atoms with Crippen molar-refractivity contribution in [1.82, 2.24) is 0 Å². The molecule has 0 spiro atoms. The Hall–Kier alpha value is -0.120. The van der Waals surface area contributed by atoms with E-state index in [1.54, 1.807) is 0 Å². The zero-order valence-corrected chi connectivity index (χ0v) is 7.56. The van der Waals surface area contributed by atoms with Crippen molar-refractivity contribution in [2.45, 2.75) is 37.9 Å². The summed E-state index contributed by atoms with van der Waals surface area (Å²) in [7, 11) is -2.65. The van der Waals surface area contributed by atoms with Gasteiger partial charge in [-0.2, -0.15) is 0 Å². The van der Waals surface area contributed by atoms with Gasteiger partial charge in [-0.15, -0.1) is 0 Å². The van der Waals surface area contributed by atoms with Crippen LogP contribution in [0.5, 0.6) is 0 Å². The fraction of sp³-hybridized carbons (Fsp3) is 1.00. The van der Waals surface area contributed by atoms with Crippen molar-refractivity contribution in [3.05, 3.63) is 0 Å². The van der Waals surface area contributed by atoms with Gasteiger partial charge in [-0.05, 0) is 19.3 Å². The highest BCUT2D eigenvalue weighted by molar-refractivity contribution is 7.92. The highest BCUT2D eigenvalue weighted by atomic mass is 32.2. The highest BCUT2D eigenvalue weighted by Crippen LogP contribution is 2.23. The third kappa shape index (κ3) is 2.43. The summed E-state index contributed by atoms with van der Waals surface area (Å²) in [5, 5.41) is -0.00231. The first-order chi connectivity index (χ1) is 4.67. The molecule has 0 saturated carbocycles. The van der Waals surface area contributed by atoms with Crippen LogP contribution in [-0.4, -0.2) is 19.4 Å². The summed E-state index contributed by atoms with van der Waals surface area (Å²) in [6.07, 6.45) is 3.63. The molecule has 0 aromatic rings. The maximum atomic E-state index is 11.2. The van der Waals surface area contributed by atoms with Crippen molar-refractivity contribution in [2.24, 2.45) is 0 Å². The van der Waals surface area contributed by atoms with E-state index in [4.69, 9.17) is 0 Å². The predicted molar refractivity (Wildman–Crippen MR) is 44.2 cm³/mol. The lowest BCUT2D eigenvalue weighted by molar-refractivity contribution is 0.580. The Balaban J connectivity index is 0.000001000. The molecule has 1 unspecified atom stereocenters. The molecule has 1 aliphatic heterocycles. The van der Waals surface area contributed by atoms with E-state index in [0.717, 1.165) is 25.7 Å². The van der Waals surface area contributed by atoms with Gasteiger partial charge in [-0.1, -0.05) is 13.3 Å². The number of sulfone groups is 1. The molecule has 1 heterocycles. The topological polar surface area (TPSA) is 34.1 Å². The molecule has 0 bridgehead atoms. The molecule has 1 atom stereocenters. The number of rotatable bonds is 2. The van der Waals surface area contributed by atoms with E-state index in [9.17, 15) is 8.42 Å². The van der Waals surface area contributed by atoms with Crippen molar-refractivity contribution in [3.8, 4) is 0 Å². The molecule has 68 valence electrons. The van der Waals surface area contributed by atoms with Gasteiger partial charge in [0, 0.05) is 0 Å². The highest BCUT2D eigenvalue weighted by Gasteiger charge is 2.29. The molecule has 0 N–H and O–H groups in total. The molecule has 2 nitrogen and oxygen atoms in total. The molecule has 0 aromatic carbocycles. The first-order valence-electron chi connectivity index (χ1n) is 3.88. The Morgan fingerprint density at radius 3 is 2.45 bits per heavy atom. The van der Waals surface area contributed by atoms with Crippen LogP contribution in [0.1, 0.15) is 32.6 Å². The van der Waals surface area contributed by atoms with Gasteiger partial charge in [-0.25, -0.2) is 8.42 Å². The van der Waals surface area contributed by atoms with Crippen LogP contribution in [0, 0.1) is 0 Å². The van der Waals surface area contributed by atoms with Gasteiger partial charge < -0.3 is 0 Å². The summed E-state index contributed by atoms with van der Waals surface area (Å²) in [5.41, 5.74) is 0. The molecule has 0 radical (unpaired) electrons. The minimum atomic E-state index is -2.65. The Morgan fingerprint density at radius 2 is 2.09 bits per heavy atom. The second-order valence-electron chi connectivity index (χ2n) is 2.92. The van der Waals surface area contributed by atoms with Gasteiger partial charge >= 0.3 is 0 Å². The van der Waals surface area contributed by atoms with Gasteiger partial charge in [0.05, 0.1) is 11.0 Å². The van der Waals surface area contributed by atoms with E-state index < -0.39 is 9.84 Å². The lowest BCUT2D eigenvalue weighted by Gasteiger charge is -2.05. The largest absolute Gasteiger partial charge is 0.269 e. The standard InChI is InChI=1S/C7H14O2S.FH/c1-2-4-7-5-3-6-10(7,8)9;/h7H,2-6H2,1H3;1H. The molecule has 11 heavy (non-hydrogen) atoms. The summed E-state index contributed by atoms with van der Waals surface area (Å²) in [5.74, 6) is 0.428. The van der Waals surface area contributed by atoms with E-state index in [1.807, 2.05) is 6.92 Å². The van der Waals surface area contributed by atoms with Gasteiger partial charge in [0.15, 0.2) is 9.84 Å². The quantitative estimate of drug-likeness (QED) is 0.648. The summed E-state index contributed by atoms with van der Waals surface area (Å²) in [6, 6.07) is 0. The molecule has 1 rings (SSSR count). The molecule has 0 amide bonds. The van der Waals surface area contributed by atoms with Crippen LogP contribution < -0.4 is 0 Å². The average molecular weight is 182 g/mol. The maximum absolute atomic E-state index is 11.2. The third-order valence-electron chi connectivity index (χ3n) is 2.07. The van der Waals surface area contributed by atoms with Crippen LogP contribution in [0.3, 0.4) is 0 Å². The summed E-state index contributed by atoms with van der Waals surface area (Å²) in [4.78, 5) is 0. The van der Waals surface area contributed by atoms with Crippen molar-refractivity contribution in [2.75, 3.05) is 5.75 Å². The first-order valence-corrected chi connectivity index (χ1v) is 5.60. The Kier molecular flexibility index (Phi) is 4.00. The fourth-order valence-electron chi connectivity index (χ4n) is 1.50. The summed E-state index contributed by atoms with van der Waals surface area (Å²) < 4.78 is 22.3.